The molecule has 0 atom stereocenters. The van der Waals surface area contributed by atoms with E-state index >= 15 is 0 Å². The van der Waals surface area contributed by atoms with Crippen molar-refractivity contribution < 1.29 is 19.1 Å². The molecule has 0 radical (unpaired) electrons. The van der Waals surface area contributed by atoms with Crippen LogP contribution in [-0.2, 0) is 16.1 Å². The van der Waals surface area contributed by atoms with Crippen molar-refractivity contribution in [3.8, 4) is 0 Å². The lowest BCUT2D eigenvalue weighted by atomic mass is 10.1. The molecular formula is C22H35IN6O4. The molecule has 1 aromatic rings. The second kappa shape index (κ2) is 13.9. The van der Waals surface area contributed by atoms with E-state index in [2.05, 4.69) is 26.3 Å². The molecule has 1 aliphatic rings. The van der Waals surface area contributed by atoms with E-state index in [1.165, 1.54) is 0 Å². The number of nitrogens with zero attached hydrogens (tertiary/aromatic N) is 2. The molecule has 0 aromatic heterocycles. The van der Waals surface area contributed by atoms with Crippen molar-refractivity contribution in [2.75, 3.05) is 39.3 Å². The van der Waals surface area contributed by atoms with Crippen LogP contribution in [0.15, 0.2) is 29.3 Å². The summed E-state index contributed by atoms with van der Waals surface area (Å²) in [7, 11) is 0. The fourth-order valence-corrected chi connectivity index (χ4v) is 2.92. The molecule has 33 heavy (non-hydrogen) atoms. The maximum Gasteiger partial charge on any atom is 0.407 e. The van der Waals surface area contributed by atoms with E-state index in [1.807, 2.05) is 39.8 Å². The first kappa shape index (κ1) is 28.5. The second-order valence-corrected chi connectivity index (χ2v) is 8.32. The molecule has 2 rings (SSSR count). The molecule has 0 aliphatic carbocycles. The Balaban J connectivity index is 0.00000544. The Morgan fingerprint density at radius 2 is 1.79 bits per heavy atom. The van der Waals surface area contributed by atoms with E-state index in [-0.39, 0.29) is 42.3 Å². The van der Waals surface area contributed by atoms with E-state index in [4.69, 9.17) is 4.74 Å². The van der Waals surface area contributed by atoms with Gasteiger partial charge in [-0.2, -0.15) is 0 Å². The summed E-state index contributed by atoms with van der Waals surface area (Å²) in [5.74, 6) is 0.334. The van der Waals surface area contributed by atoms with Gasteiger partial charge in [0.05, 0.1) is 13.1 Å². The van der Waals surface area contributed by atoms with Crippen molar-refractivity contribution in [2.24, 2.45) is 4.99 Å². The molecule has 11 heteroatoms. The van der Waals surface area contributed by atoms with Crippen molar-refractivity contribution >= 4 is 47.8 Å². The highest BCUT2D eigenvalue weighted by atomic mass is 127. The summed E-state index contributed by atoms with van der Waals surface area (Å²) in [6, 6.07) is 7.22. The summed E-state index contributed by atoms with van der Waals surface area (Å²) < 4.78 is 5.20. The monoisotopic (exact) mass is 574 g/mol. The van der Waals surface area contributed by atoms with E-state index < -0.39 is 11.7 Å². The van der Waals surface area contributed by atoms with Gasteiger partial charge in [0, 0.05) is 38.3 Å². The lowest BCUT2D eigenvalue weighted by Crippen LogP contribution is -2.49. The molecule has 0 saturated carbocycles. The van der Waals surface area contributed by atoms with Crippen molar-refractivity contribution in [1.82, 2.24) is 26.2 Å². The highest BCUT2D eigenvalue weighted by Crippen LogP contribution is 2.10. The second-order valence-electron chi connectivity index (χ2n) is 8.32. The SMILES string of the molecule is CCNC(=NCc1ccc(C(=O)N2CCNC(=O)C2)cc1)NCCNC(=O)OC(C)(C)C.I. The maximum atomic E-state index is 12.5. The third kappa shape index (κ3) is 10.7. The van der Waals surface area contributed by atoms with Crippen LogP contribution in [0.5, 0.6) is 0 Å². The minimum atomic E-state index is -0.531. The van der Waals surface area contributed by atoms with Gasteiger partial charge in [-0.25, -0.2) is 9.79 Å². The average Bonchev–Trinajstić information content (AvgIpc) is 2.73. The Kier molecular flexibility index (Phi) is 12.0. The fraction of sp³-hybridized carbons (Fsp3) is 0.545. The zero-order valence-corrected chi connectivity index (χ0v) is 22.0. The molecule has 4 N–H and O–H groups in total. The highest BCUT2D eigenvalue weighted by molar-refractivity contribution is 14.0. The van der Waals surface area contributed by atoms with Crippen LogP contribution >= 0.6 is 24.0 Å². The summed E-state index contributed by atoms with van der Waals surface area (Å²) in [5.41, 5.74) is 0.962. The Morgan fingerprint density at radius 1 is 1.12 bits per heavy atom. The number of halogens is 1. The fourth-order valence-electron chi connectivity index (χ4n) is 2.92. The minimum Gasteiger partial charge on any atom is -0.444 e. The zero-order chi connectivity index (χ0) is 23.6. The van der Waals surface area contributed by atoms with E-state index in [0.717, 1.165) is 5.56 Å². The topological polar surface area (TPSA) is 124 Å². The maximum absolute atomic E-state index is 12.5. The molecule has 10 nitrogen and oxygen atoms in total. The number of carbonyl (C=O) groups excluding carboxylic acids is 3. The van der Waals surface area contributed by atoms with Gasteiger partial charge in [0.1, 0.15) is 5.60 Å². The number of piperazine rings is 1. The molecule has 184 valence electrons. The summed E-state index contributed by atoms with van der Waals surface area (Å²) in [5, 5.41) is 11.7. The van der Waals surface area contributed by atoms with Crippen LogP contribution in [0.4, 0.5) is 4.79 Å². The van der Waals surface area contributed by atoms with Gasteiger partial charge in [-0.3, -0.25) is 9.59 Å². The summed E-state index contributed by atoms with van der Waals surface area (Å²) in [6.07, 6.45) is -0.457. The molecular weight excluding hydrogens is 539 g/mol. The smallest absolute Gasteiger partial charge is 0.407 e. The Hall–Kier alpha value is -2.57. The van der Waals surface area contributed by atoms with Crippen molar-refractivity contribution in [1.29, 1.82) is 0 Å². The number of rotatable bonds is 7. The van der Waals surface area contributed by atoms with Crippen molar-refractivity contribution in [2.45, 2.75) is 39.8 Å². The number of alkyl carbamates (subject to hydrolysis) is 1. The Morgan fingerprint density at radius 3 is 2.39 bits per heavy atom. The Labute approximate surface area is 212 Å². The van der Waals surface area contributed by atoms with Crippen LogP contribution in [0.25, 0.3) is 0 Å². The Bertz CT molecular complexity index is 823. The van der Waals surface area contributed by atoms with Crippen LogP contribution in [0.2, 0.25) is 0 Å². The third-order valence-electron chi connectivity index (χ3n) is 4.38. The molecule has 1 saturated heterocycles. The molecule has 0 spiro atoms. The third-order valence-corrected chi connectivity index (χ3v) is 4.38. The molecule has 1 heterocycles. The zero-order valence-electron chi connectivity index (χ0n) is 19.7. The number of benzene rings is 1. The van der Waals surface area contributed by atoms with Gasteiger partial charge in [0.2, 0.25) is 5.91 Å². The largest absolute Gasteiger partial charge is 0.444 e. The minimum absolute atomic E-state index is 0. The number of carbonyl (C=O) groups is 3. The quantitative estimate of drug-likeness (QED) is 0.169. The number of aliphatic imine (C=N–C) groups is 1. The van der Waals surface area contributed by atoms with Crippen molar-refractivity contribution in [3.05, 3.63) is 35.4 Å². The molecule has 1 aromatic carbocycles. The lowest BCUT2D eigenvalue weighted by molar-refractivity contribution is -0.123. The van der Waals surface area contributed by atoms with Crippen LogP contribution in [0, 0.1) is 0 Å². The molecule has 1 fully saturated rings. The normalized spacial score (nSPS) is 14.0. The van der Waals surface area contributed by atoms with Crippen molar-refractivity contribution in [3.63, 3.8) is 0 Å². The number of hydrogen-bond donors (Lipinski definition) is 4. The van der Waals surface area contributed by atoms with Crippen LogP contribution < -0.4 is 21.3 Å². The van der Waals surface area contributed by atoms with Gasteiger partial charge in [0.15, 0.2) is 5.96 Å². The predicted molar refractivity (Wildman–Crippen MR) is 138 cm³/mol. The number of nitrogens with one attached hydrogen (secondary N) is 4. The van der Waals surface area contributed by atoms with Gasteiger partial charge in [-0.15, -0.1) is 24.0 Å². The van der Waals surface area contributed by atoms with Gasteiger partial charge >= 0.3 is 6.09 Å². The first-order chi connectivity index (χ1) is 15.2. The van der Waals surface area contributed by atoms with Crippen LogP contribution in [0.3, 0.4) is 0 Å². The summed E-state index contributed by atoms with van der Waals surface area (Å²) in [4.78, 5) is 41.8. The molecule has 3 amide bonds. The van der Waals surface area contributed by atoms with Crippen LogP contribution in [0.1, 0.15) is 43.6 Å². The molecule has 0 bridgehead atoms. The van der Waals surface area contributed by atoms with Gasteiger partial charge < -0.3 is 30.9 Å². The molecule has 0 unspecified atom stereocenters. The summed E-state index contributed by atoms with van der Waals surface area (Å²) >= 11 is 0. The van der Waals surface area contributed by atoms with Gasteiger partial charge in [-0.05, 0) is 45.4 Å². The molecule has 1 aliphatic heterocycles. The summed E-state index contributed by atoms with van der Waals surface area (Å²) in [6.45, 7) is 10.5. The number of ether oxygens (including phenoxy) is 1. The number of amides is 3. The number of hydrogen-bond acceptors (Lipinski definition) is 5. The number of guanidine groups is 1. The predicted octanol–water partition coefficient (Wildman–Crippen LogP) is 1.46. The van der Waals surface area contributed by atoms with Gasteiger partial charge in [0.25, 0.3) is 5.91 Å². The van der Waals surface area contributed by atoms with E-state index in [0.29, 0.717) is 50.8 Å². The van der Waals surface area contributed by atoms with E-state index in [1.54, 1.807) is 17.0 Å². The average molecular weight is 574 g/mol. The van der Waals surface area contributed by atoms with E-state index in [9.17, 15) is 14.4 Å². The first-order valence-corrected chi connectivity index (χ1v) is 10.8. The van der Waals surface area contributed by atoms with Gasteiger partial charge in [-0.1, -0.05) is 12.1 Å². The first-order valence-electron chi connectivity index (χ1n) is 10.8. The standard InChI is InChI=1S/C22H34N6O4.HI/c1-5-23-20(25-10-11-26-21(31)32-22(2,3)4)27-14-16-6-8-17(9-7-16)19(30)28-13-12-24-18(29)15-28;/h6-9H,5,10-15H2,1-4H3,(H,24,29)(H,26,31)(H2,23,25,27);1H. The highest BCUT2D eigenvalue weighted by Gasteiger charge is 2.22. The van der Waals surface area contributed by atoms with Crippen LogP contribution in [-0.4, -0.2) is 73.6 Å². The lowest BCUT2D eigenvalue weighted by Gasteiger charge is -2.26.